The zero-order chi connectivity index (χ0) is 15.8. The Balaban J connectivity index is 1.57. The Morgan fingerprint density at radius 2 is 1.82 bits per heavy atom. The van der Waals surface area contributed by atoms with Crippen molar-refractivity contribution in [3.63, 3.8) is 0 Å². The summed E-state index contributed by atoms with van der Waals surface area (Å²) in [5.74, 6) is 1.94. The normalized spacial score (nSPS) is 48.5. The van der Waals surface area contributed by atoms with Crippen LogP contribution in [0.2, 0.25) is 0 Å². The van der Waals surface area contributed by atoms with E-state index in [-0.39, 0.29) is 33.2 Å². The molecular weight excluding hydrogens is 366 g/mol. The number of carbonyl (C=O) groups excluding carboxylic acids is 1. The van der Waals surface area contributed by atoms with Gasteiger partial charge in [-0.05, 0) is 56.8 Å². The van der Waals surface area contributed by atoms with Gasteiger partial charge in [0.25, 0.3) is 0 Å². The highest BCUT2D eigenvalue weighted by atomic mass is 79.9. The van der Waals surface area contributed by atoms with Gasteiger partial charge in [-0.3, -0.25) is 4.79 Å². The lowest BCUT2D eigenvalue weighted by Crippen LogP contribution is -2.59. The van der Waals surface area contributed by atoms with Crippen molar-refractivity contribution in [2.75, 3.05) is 18.6 Å². The SMILES string of the molecule is CN(C(=O)C12CC3CC(CC(Br)(C3)C1)C2)C1CCS(=O)(=O)C1. The molecule has 1 aliphatic heterocycles. The van der Waals surface area contributed by atoms with Gasteiger partial charge in [0.15, 0.2) is 9.84 Å². The third-order valence-corrected chi connectivity index (χ3v) is 9.20. The Bertz CT molecular complexity index is 603. The second-order valence-electron chi connectivity index (χ2n) is 8.37. The van der Waals surface area contributed by atoms with Gasteiger partial charge in [0.2, 0.25) is 5.91 Å². The van der Waals surface area contributed by atoms with Crippen molar-refractivity contribution >= 4 is 31.7 Å². The van der Waals surface area contributed by atoms with Crippen molar-refractivity contribution in [1.29, 1.82) is 0 Å². The van der Waals surface area contributed by atoms with Crippen LogP contribution in [0.25, 0.3) is 0 Å². The maximum Gasteiger partial charge on any atom is 0.228 e. The van der Waals surface area contributed by atoms with E-state index in [1.54, 1.807) is 4.90 Å². The van der Waals surface area contributed by atoms with Crippen molar-refractivity contribution in [2.45, 2.75) is 55.3 Å². The average Bonchev–Trinajstić information content (AvgIpc) is 2.74. The van der Waals surface area contributed by atoms with E-state index in [1.807, 2.05) is 7.05 Å². The first-order valence-electron chi connectivity index (χ1n) is 8.37. The summed E-state index contributed by atoms with van der Waals surface area (Å²) < 4.78 is 23.6. The van der Waals surface area contributed by atoms with Crippen LogP contribution in [0.1, 0.15) is 44.9 Å². The van der Waals surface area contributed by atoms with E-state index < -0.39 is 9.84 Å². The number of amides is 1. The number of nitrogens with zero attached hydrogens (tertiary/aromatic N) is 1. The van der Waals surface area contributed by atoms with Crippen molar-refractivity contribution in [2.24, 2.45) is 17.3 Å². The Morgan fingerprint density at radius 3 is 2.32 bits per heavy atom. The molecule has 0 spiro atoms. The number of hydrogen-bond acceptors (Lipinski definition) is 3. The minimum Gasteiger partial charge on any atom is -0.341 e. The first-order chi connectivity index (χ1) is 10.2. The largest absolute Gasteiger partial charge is 0.341 e. The van der Waals surface area contributed by atoms with Crippen LogP contribution in [0.5, 0.6) is 0 Å². The Kier molecular flexibility index (Phi) is 3.31. The molecule has 4 aliphatic carbocycles. The van der Waals surface area contributed by atoms with Gasteiger partial charge in [-0.15, -0.1) is 0 Å². The molecule has 4 nitrogen and oxygen atoms in total. The van der Waals surface area contributed by atoms with Crippen molar-refractivity contribution in [1.82, 2.24) is 4.90 Å². The van der Waals surface area contributed by atoms with Gasteiger partial charge >= 0.3 is 0 Å². The summed E-state index contributed by atoms with van der Waals surface area (Å²) in [6.07, 6.45) is 7.27. The summed E-state index contributed by atoms with van der Waals surface area (Å²) in [6.45, 7) is 0. The Morgan fingerprint density at radius 1 is 1.18 bits per heavy atom. The van der Waals surface area contributed by atoms with Crippen LogP contribution in [0, 0.1) is 17.3 Å². The molecule has 5 fully saturated rings. The zero-order valence-corrected chi connectivity index (χ0v) is 15.5. The molecule has 1 saturated heterocycles. The van der Waals surface area contributed by atoms with Gasteiger partial charge in [0.1, 0.15) is 0 Å². The van der Waals surface area contributed by atoms with Crippen molar-refractivity contribution in [3.05, 3.63) is 0 Å². The van der Waals surface area contributed by atoms with E-state index in [0.717, 1.165) is 19.3 Å². The molecule has 0 aromatic rings. The molecule has 6 heteroatoms. The molecule has 1 heterocycles. The van der Waals surface area contributed by atoms with Crippen LogP contribution in [-0.2, 0) is 14.6 Å². The van der Waals surface area contributed by atoms with Crippen molar-refractivity contribution in [3.8, 4) is 0 Å². The van der Waals surface area contributed by atoms with Crippen LogP contribution in [0.15, 0.2) is 0 Å². The number of sulfone groups is 1. The summed E-state index contributed by atoms with van der Waals surface area (Å²) in [4.78, 5) is 15.0. The standard InChI is InChI=1S/C16H24BrNO3S/c1-18(13-2-3-22(20,21)9-13)14(19)15-5-11-4-12(6-15)8-16(17,7-11)10-15/h11-13H,2-10H2,1H3. The fraction of sp³-hybridized carbons (Fsp3) is 0.938. The van der Waals surface area contributed by atoms with Gasteiger partial charge in [0.05, 0.1) is 16.9 Å². The highest BCUT2D eigenvalue weighted by molar-refractivity contribution is 9.10. The molecule has 22 heavy (non-hydrogen) atoms. The lowest BCUT2D eigenvalue weighted by Gasteiger charge is -2.60. The fourth-order valence-electron chi connectivity index (χ4n) is 6.02. The highest BCUT2D eigenvalue weighted by Crippen LogP contribution is 2.64. The van der Waals surface area contributed by atoms with Gasteiger partial charge in [-0.2, -0.15) is 0 Å². The molecule has 5 rings (SSSR count). The van der Waals surface area contributed by atoms with Gasteiger partial charge < -0.3 is 4.90 Å². The summed E-state index contributed by atoms with van der Waals surface area (Å²) in [5.41, 5.74) is -0.227. The summed E-state index contributed by atoms with van der Waals surface area (Å²) in [6, 6.07) is -0.114. The second kappa shape index (κ2) is 4.71. The van der Waals surface area contributed by atoms with Gasteiger partial charge in [0, 0.05) is 17.4 Å². The topological polar surface area (TPSA) is 54.5 Å². The third kappa shape index (κ3) is 2.36. The third-order valence-electron chi connectivity index (χ3n) is 6.52. The molecule has 124 valence electrons. The molecule has 0 N–H and O–H groups in total. The van der Waals surface area contributed by atoms with E-state index >= 15 is 0 Å². The van der Waals surface area contributed by atoms with E-state index in [1.165, 1.54) is 19.3 Å². The summed E-state index contributed by atoms with van der Waals surface area (Å²) in [7, 11) is -1.12. The molecule has 0 aromatic carbocycles. The van der Waals surface area contributed by atoms with E-state index in [4.69, 9.17) is 0 Å². The molecule has 4 saturated carbocycles. The zero-order valence-electron chi connectivity index (χ0n) is 13.1. The van der Waals surface area contributed by atoms with E-state index in [2.05, 4.69) is 15.9 Å². The van der Waals surface area contributed by atoms with Gasteiger partial charge in [-0.1, -0.05) is 15.9 Å². The number of carbonyl (C=O) groups is 1. The lowest BCUT2D eigenvalue weighted by atomic mass is 9.49. The smallest absolute Gasteiger partial charge is 0.228 e. The Hall–Kier alpha value is -0.100. The number of halogens is 1. The molecule has 0 radical (unpaired) electrons. The predicted molar refractivity (Wildman–Crippen MR) is 88.6 cm³/mol. The number of hydrogen-bond donors (Lipinski definition) is 0. The summed E-state index contributed by atoms with van der Waals surface area (Å²) >= 11 is 3.94. The molecular formula is C16H24BrNO3S. The fourth-order valence-corrected chi connectivity index (χ4v) is 9.25. The van der Waals surface area contributed by atoms with Crippen LogP contribution >= 0.6 is 15.9 Å². The molecule has 4 bridgehead atoms. The molecule has 3 atom stereocenters. The predicted octanol–water partition coefficient (Wildman–Crippen LogP) is 2.37. The van der Waals surface area contributed by atoms with Crippen LogP contribution in [-0.4, -0.2) is 48.1 Å². The monoisotopic (exact) mass is 389 g/mol. The molecule has 1 amide bonds. The first kappa shape index (κ1) is 15.4. The number of rotatable bonds is 2. The molecule has 3 unspecified atom stereocenters. The average molecular weight is 390 g/mol. The van der Waals surface area contributed by atoms with Crippen LogP contribution in [0.4, 0.5) is 0 Å². The van der Waals surface area contributed by atoms with E-state index in [9.17, 15) is 13.2 Å². The Labute approximate surface area is 141 Å². The van der Waals surface area contributed by atoms with Crippen molar-refractivity contribution < 1.29 is 13.2 Å². The molecule has 5 aliphatic rings. The highest BCUT2D eigenvalue weighted by Gasteiger charge is 2.60. The molecule has 0 aromatic heterocycles. The quantitative estimate of drug-likeness (QED) is 0.681. The first-order valence-corrected chi connectivity index (χ1v) is 11.0. The lowest BCUT2D eigenvalue weighted by molar-refractivity contribution is -0.155. The maximum absolute atomic E-state index is 13.2. The van der Waals surface area contributed by atoms with Crippen LogP contribution < -0.4 is 0 Å². The minimum absolute atomic E-state index is 0.114. The minimum atomic E-state index is -2.95. The second-order valence-corrected chi connectivity index (χ2v) is 12.3. The van der Waals surface area contributed by atoms with Gasteiger partial charge in [-0.25, -0.2) is 8.42 Å². The maximum atomic E-state index is 13.2. The van der Waals surface area contributed by atoms with E-state index in [0.29, 0.717) is 18.3 Å². The van der Waals surface area contributed by atoms with Crippen LogP contribution in [0.3, 0.4) is 0 Å². The number of alkyl halides is 1. The summed E-state index contributed by atoms with van der Waals surface area (Å²) in [5, 5.41) is 0.